The van der Waals surface area contributed by atoms with E-state index in [-0.39, 0.29) is 12.3 Å². The average Bonchev–Trinajstić information content (AvgIpc) is 2.76. The topological polar surface area (TPSA) is 104 Å². The molecule has 0 aliphatic rings. The van der Waals surface area contributed by atoms with Gasteiger partial charge in [0, 0.05) is 13.0 Å². The third-order valence-corrected chi connectivity index (χ3v) is 7.73. The first kappa shape index (κ1) is 32.3. The minimum Gasteiger partial charge on any atom is -0.392 e. The highest BCUT2D eigenvalue weighted by Crippen LogP contribution is 2.20. The fraction of sp³-hybridized carbons (Fsp3) is 0.962. The number of carbonyl (C=O) groups excluding carboxylic acids is 1. The molecule has 3 N–H and O–H groups in total. The van der Waals surface area contributed by atoms with E-state index in [1.54, 1.807) is 0 Å². The van der Waals surface area contributed by atoms with Crippen molar-refractivity contribution in [3.05, 3.63) is 0 Å². The van der Waals surface area contributed by atoms with Gasteiger partial charge in [0.2, 0.25) is 5.91 Å². The van der Waals surface area contributed by atoms with Crippen LogP contribution in [0.3, 0.4) is 0 Å². The smallest absolute Gasteiger partial charge is 0.270 e. The Bertz CT molecular complexity index is 553. The molecule has 2 unspecified atom stereocenters. The molecule has 0 heterocycles. The summed E-state index contributed by atoms with van der Waals surface area (Å²) in [4.78, 5) is 11.9. The highest BCUT2D eigenvalue weighted by Gasteiger charge is 2.29. The maximum atomic E-state index is 11.9. The molecule has 0 saturated carbocycles. The molecule has 0 rings (SSSR count). The monoisotopic (exact) mass is 491 g/mol. The van der Waals surface area contributed by atoms with Crippen molar-refractivity contribution in [1.29, 1.82) is 0 Å². The van der Waals surface area contributed by atoms with Crippen molar-refractivity contribution in [2.24, 2.45) is 0 Å². The Balaban J connectivity index is 3.82. The summed E-state index contributed by atoms with van der Waals surface area (Å²) in [5.41, 5.74) is 0. The fourth-order valence-corrected chi connectivity index (χ4v) is 5.24. The summed E-state index contributed by atoms with van der Waals surface area (Å²) in [6.45, 7) is 5.14. The molecule has 7 heteroatoms. The predicted octanol–water partition coefficient (Wildman–Crippen LogP) is 6.56. The largest absolute Gasteiger partial charge is 0.392 e. The first-order valence-corrected chi connectivity index (χ1v) is 15.2. The normalized spacial score (nSPS) is 13.7. The van der Waals surface area contributed by atoms with Gasteiger partial charge in [0.25, 0.3) is 10.1 Å². The molecule has 6 nitrogen and oxygen atoms in total. The average molecular weight is 492 g/mol. The molecule has 1 amide bonds. The van der Waals surface area contributed by atoms with E-state index in [2.05, 4.69) is 19.2 Å². The first-order valence-electron chi connectivity index (χ1n) is 13.7. The molecule has 0 aromatic carbocycles. The third-order valence-electron chi connectivity index (χ3n) is 6.41. The fourth-order valence-electron chi connectivity index (χ4n) is 4.24. The molecule has 198 valence electrons. The Kier molecular flexibility index (Phi) is 21.4. The summed E-state index contributed by atoms with van der Waals surface area (Å²) in [5, 5.41) is 12.2. The maximum Gasteiger partial charge on any atom is 0.270 e. The Morgan fingerprint density at radius 2 is 1.15 bits per heavy atom. The molecular formula is C26H53NO5S. The van der Waals surface area contributed by atoms with Crippen LogP contribution >= 0.6 is 0 Å². The molecule has 33 heavy (non-hydrogen) atoms. The number of aliphatic hydroxyl groups excluding tert-OH is 1. The SMILES string of the molecule is CCCCCCCCNC(=O)CCCCCCCC(C(O)CCCCCCCC)S(=O)(=O)O. The molecule has 0 fully saturated rings. The number of hydrogen-bond acceptors (Lipinski definition) is 4. The maximum absolute atomic E-state index is 11.9. The predicted molar refractivity (Wildman–Crippen MR) is 138 cm³/mol. The van der Waals surface area contributed by atoms with Crippen LogP contribution in [0, 0.1) is 0 Å². The van der Waals surface area contributed by atoms with Crippen LogP contribution in [0.25, 0.3) is 0 Å². The lowest BCUT2D eigenvalue weighted by Crippen LogP contribution is -2.33. The highest BCUT2D eigenvalue weighted by atomic mass is 32.2. The Labute approximate surface area is 204 Å². The summed E-state index contributed by atoms with van der Waals surface area (Å²) < 4.78 is 33.0. The van der Waals surface area contributed by atoms with Crippen LogP contribution in [0.4, 0.5) is 0 Å². The van der Waals surface area contributed by atoms with Crippen LogP contribution in [0.15, 0.2) is 0 Å². The summed E-state index contributed by atoms with van der Waals surface area (Å²) in [6, 6.07) is 0. The van der Waals surface area contributed by atoms with E-state index in [0.29, 0.717) is 19.3 Å². The molecule has 0 aliphatic heterocycles. The van der Waals surface area contributed by atoms with E-state index in [1.807, 2.05) is 0 Å². The van der Waals surface area contributed by atoms with E-state index in [1.165, 1.54) is 51.4 Å². The van der Waals surface area contributed by atoms with Gasteiger partial charge in [-0.25, -0.2) is 0 Å². The van der Waals surface area contributed by atoms with Gasteiger partial charge >= 0.3 is 0 Å². The lowest BCUT2D eigenvalue weighted by atomic mass is 10.0. The van der Waals surface area contributed by atoms with Crippen LogP contribution in [0.2, 0.25) is 0 Å². The zero-order valence-electron chi connectivity index (χ0n) is 21.5. The van der Waals surface area contributed by atoms with Crippen LogP contribution in [0.5, 0.6) is 0 Å². The van der Waals surface area contributed by atoms with Gasteiger partial charge in [-0.1, -0.05) is 110 Å². The molecule has 0 saturated heterocycles. The van der Waals surface area contributed by atoms with Gasteiger partial charge in [0.15, 0.2) is 0 Å². The summed E-state index contributed by atoms with van der Waals surface area (Å²) in [7, 11) is -4.25. The molecule has 0 radical (unpaired) electrons. The van der Waals surface area contributed by atoms with Crippen molar-refractivity contribution in [2.75, 3.05) is 6.54 Å². The highest BCUT2D eigenvalue weighted by molar-refractivity contribution is 7.86. The van der Waals surface area contributed by atoms with E-state index in [4.69, 9.17) is 0 Å². The molecule has 0 spiro atoms. The van der Waals surface area contributed by atoms with E-state index in [9.17, 15) is 22.9 Å². The second kappa shape index (κ2) is 21.8. The van der Waals surface area contributed by atoms with Gasteiger partial charge in [0.05, 0.1) is 6.10 Å². The third kappa shape index (κ3) is 20.4. The lowest BCUT2D eigenvalue weighted by Gasteiger charge is -2.20. The molecule has 0 aromatic rings. The Morgan fingerprint density at radius 3 is 1.70 bits per heavy atom. The second-order valence-corrected chi connectivity index (χ2v) is 11.2. The van der Waals surface area contributed by atoms with Crippen molar-refractivity contribution in [3.63, 3.8) is 0 Å². The van der Waals surface area contributed by atoms with Crippen LogP contribution in [-0.4, -0.2) is 41.9 Å². The van der Waals surface area contributed by atoms with Crippen molar-refractivity contribution in [3.8, 4) is 0 Å². The van der Waals surface area contributed by atoms with Gasteiger partial charge in [-0.3, -0.25) is 9.35 Å². The summed E-state index contributed by atoms with van der Waals surface area (Å²) in [5.74, 6) is 0.118. The standard InChI is InChI=1S/C26H53NO5S/c1-3-5-7-9-12-16-20-24(28)25(33(30,31)32)21-17-13-11-14-18-22-26(29)27-23-19-15-10-8-6-4-2/h24-25,28H,3-23H2,1-2H3,(H,27,29)(H,30,31,32). The van der Waals surface area contributed by atoms with Crippen LogP contribution in [-0.2, 0) is 14.9 Å². The molecule has 0 aromatic heterocycles. The Morgan fingerprint density at radius 1 is 0.697 bits per heavy atom. The van der Waals surface area contributed by atoms with Crippen LogP contribution < -0.4 is 5.32 Å². The van der Waals surface area contributed by atoms with Crippen molar-refractivity contribution in [2.45, 2.75) is 154 Å². The lowest BCUT2D eigenvalue weighted by molar-refractivity contribution is -0.121. The zero-order chi connectivity index (χ0) is 24.8. The molecule has 2 atom stereocenters. The molecule has 0 bridgehead atoms. The van der Waals surface area contributed by atoms with Crippen molar-refractivity contribution in [1.82, 2.24) is 5.32 Å². The van der Waals surface area contributed by atoms with E-state index in [0.717, 1.165) is 57.9 Å². The quantitative estimate of drug-likeness (QED) is 0.105. The number of carbonyl (C=O) groups is 1. The summed E-state index contributed by atoms with van der Waals surface area (Å²) >= 11 is 0. The minimum absolute atomic E-state index is 0.118. The second-order valence-electron chi connectivity index (χ2n) is 9.60. The number of unbranched alkanes of at least 4 members (excludes halogenated alkanes) is 14. The number of hydrogen-bond donors (Lipinski definition) is 3. The number of aliphatic hydroxyl groups is 1. The van der Waals surface area contributed by atoms with Gasteiger partial charge in [-0.05, 0) is 25.7 Å². The van der Waals surface area contributed by atoms with Gasteiger partial charge in [0.1, 0.15) is 5.25 Å². The minimum atomic E-state index is -4.25. The zero-order valence-corrected chi connectivity index (χ0v) is 22.3. The number of rotatable bonds is 24. The number of amides is 1. The van der Waals surface area contributed by atoms with Crippen molar-refractivity contribution < 1.29 is 22.9 Å². The Hall–Kier alpha value is -0.660. The van der Waals surface area contributed by atoms with Gasteiger partial charge < -0.3 is 10.4 Å². The molecular weight excluding hydrogens is 438 g/mol. The van der Waals surface area contributed by atoms with Gasteiger partial charge in [-0.15, -0.1) is 0 Å². The van der Waals surface area contributed by atoms with Crippen LogP contribution in [0.1, 0.15) is 142 Å². The molecule has 0 aliphatic carbocycles. The van der Waals surface area contributed by atoms with Gasteiger partial charge in [-0.2, -0.15) is 8.42 Å². The first-order chi connectivity index (χ1) is 15.8. The number of nitrogens with one attached hydrogen (secondary N) is 1. The van der Waals surface area contributed by atoms with Crippen molar-refractivity contribution >= 4 is 16.0 Å². The van der Waals surface area contributed by atoms with E-state index >= 15 is 0 Å². The van der Waals surface area contributed by atoms with E-state index < -0.39 is 21.5 Å². The summed E-state index contributed by atoms with van der Waals surface area (Å²) in [6.07, 6.45) is 18.2.